The first kappa shape index (κ1) is 9.31. The van der Waals surface area contributed by atoms with E-state index in [1.807, 2.05) is 0 Å². The molecule has 0 aliphatic carbocycles. The number of rotatable bonds is 0. The van der Waals surface area contributed by atoms with Gasteiger partial charge in [0.05, 0.1) is 0 Å². The van der Waals surface area contributed by atoms with E-state index in [1.54, 1.807) is 0 Å². The number of hydrogen-bond acceptors (Lipinski definition) is 2. The third kappa shape index (κ3) is 2.10. The number of carbonyl (C=O) groups excluding carboxylic acids is 1. The summed E-state index contributed by atoms with van der Waals surface area (Å²) in [4.78, 5) is 10.8. The second kappa shape index (κ2) is 3.30. The molecule has 12 heavy (non-hydrogen) atoms. The standard InChI is InChI=1S/C6H9F3N2O/c7-6(8,9)4-3-10-1-2-11-5(4)12/h4,10H,1-3H2,(H,11,12). The Morgan fingerprint density at radius 1 is 1.33 bits per heavy atom. The second-order valence-electron chi connectivity index (χ2n) is 2.59. The van der Waals surface area contributed by atoms with E-state index in [1.165, 1.54) is 0 Å². The molecule has 1 amide bonds. The molecular formula is C6H9F3N2O. The summed E-state index contributed by atoms with van der Waals surface area (Å²) in [5.74, 6) is -2.84. The smallest absolute Gasteiger partial charge is 0.354 e. The molecule has 0 aromatic carbocycles. The molecule has 6 heteroatoms. The van der Waals surface area contributed by atoms with Gasteiger partial charge in [0.15, 0.2) is 0 Å². The van der Waals surface area contributed by atoms with Crippen LogP contribution in [0, 0.1) is 5.92 Å². The lowest BCUT2D eigenvalue weighted by Crippen LogP contribution is -2.41. The first-order valence-corrected chi connectivity index (χ1v) is 3.57. The van der Waals surface area contributed by atoms with Crippen LogP contribution in [0.25, 0.3) is 0 Å². The molecule has 2 N–H and O–H groups in total. The average molecular weight is 182 g/mol. The highest BCUT2D eigenvalue weighted by atomic mass is 19.4. The third-order valence-corrected chi connectivity index (χ3v) is 1.66. The van der Waals surface area contributed by atoms with E-state index < -0.39 is 18.0 Å². The van der Waals surface area contributed by atoms with E-state index in [-0.39, 0.29) is 13.1 Å². The number of nitrogens with one attached hydrogen (secondary N) is 2. The lowest BCUT2D eigenvalue weighted by atomic mass is 10.1. The minimum absolute atomic E-state index is 0.255. The lowest BCUT2D eigenvalue weighted by Gasteiger charge is -2.16. The molecule has 1 unspecified atom stereocenters. The van der Waals surface area contributed by atoms with Crippen molar-refractivity contribution in [2.75, 3.05) is 19.6 Å². The molecule has 1 saturated heterocycles. The van der Waals surface area contributed by atoms with Gasteiger partial charge < -0.3 is 10.6 Å². The van der Waals surface area contributed by atoms with E-state index in [4.69, 9.17) is 0 Å². The largest absolute Gasteiger partial charge is 0.401 e. The van der Waals surface area contributed by atoms with Gasteiger partial charge >= 0.3 is 6.18 Å². The van der Waals surface area contributed by atoms with Gasteiger partial charge in [-0.2, -0.15) is 13.2 Å². The Kier molecular flexibility index (Phi) is 2.56. The molecule has 1 aliphatic rings. The summed E-state index contributed by atoms with van der Waals surface area (Å²) in [6, 6.07) is 0. The van der Waals surface area contributed by atoms with E-state index >= 15 is 0 Å². The number of amides is 1. The van der Waals surface area contributed by atoms with Gasteiger partial charge in [-0.15, -0.1) is 0 Å². The summed E-state index contributed by atoms with van der Waals surface area (Å²) in [7, 11) is 0. The SMILES string of the molecule is O=C1NCCNCC1C(F)(F)F. The first-order chi connectivity index (χ1) is 5.52. The van der Waals surface area contributed by atoms with E-state index in [0.717, 1.165) is 0 Å². The van der Waals surface area contributed by atoms with Crippen molar-refractivity contribution in [3.63, 3.8) is 0 Å². The monoisotopic (exact) mass is 182 g/mol. The Labute approximate surface area is 67.3 Å². The van der Waals surface area contributed by atoms with Gasteiger partial charge in [0.2, 0.25) is 5.91 Å². The Morgan fingerprint density at radius 3 is 2.58 bits per heavy atom. The first-order valence-electron chi connectivity index (χ1n) is 3.57. The zero-order valence-corrected chi connectivity index (χ0v) is 6.24. The number of alkyl halides is 3. The van der Waals surface area contributed by atoms with Gasteiger partial charge in [0.25, 0.3) is 0 Å². The summed E-state index contributed by atoms with van der Waals surface area (Å²) in [5, 5.41) is 4.71. The lowest BCUT2D eigenvalue weighted by molar-refractivity contribution is -0.180. The molecule has 1 atom stereocenters. The van der Waals surface area contributed by atoms with E-state index in [9.17, 15) is 18.0 Å². The number of hydrogen-bond donors (Lipinski definition) is 2. The molecule has 0 aromatic heterocycles. The zero-order valence-electron chi connectivity index (χ0n) is 6.24. The maximum Gasteiger partial charge on any atom is 0.401 e. The summed E-state index contributed by atoms with van der Waals surface area (Å²) < 4.78 is 36.2. The molecule has 1 heterocycles. The van der Waals surface area contributed by atoms with Crippen molar-refractivity contribution < 1.29 is 18.0 Å². The Bertz CT molecular complexity index is 180. The van der Waals surface area contributed by atoms with Crippen LogP contribution in [0.5, 0.6) is 0 Å². The minimum Gasteiger partial charge on any atom is -0.354 e. The fraction of sp³-hybridized carbons (Fsp3) is 0.833. The maximum atomic E-state index is 12.1. The normalized spacial score (nSPS) is 26.2. The Morgan fingerprint density at radius 2 is 2.00 bits per heavy atom. The predicted molar refractivity (Wildman–Crippen MR) is 35.4 cm³/mol. The van der Waals surface area contributed by atoms with Crippen LogP contribution in [0.3, 0.4) is 0 Å². The molecule has 1 aliphatic heterocycles. The van der Waals surface area contributed by atoms with Crippen molar-refractivity contribution in [2.45, 2.75) is 6.18 Å². The van der Waals surface area contributed by atoms with Crippen molar-refractivity contribution in [1.82, 2.24) is 10.6 Å². The van der Waals surface area contributed by atoms with E-state index in [0.29, 0.717) is 6.54 Å². The summed E-state index contributed by atoms with van der Waals surface area (Å²) in [6.07, 6.45) is -4.44. The van der Waals surface area contributed by atoms with Crippen LogP contribution < -0.4 is 10.6 Å². The van der Waals surface area contributed by atoms with Crippen LogP contribution in [-0.2, 0) is 4.79 Å². The van der Waals surface area contributed by atoms with Crippen molar-refractivity contribution in [3.8, 4) is 0 Å². The molecule has 1 fully saturated rings. The van der Waals surface area contributed by atoms with Crippen LogP contribution in [0.1, 0.15) is 0 Å². The quantitative estimate of drug-likeness (QED) is 0.548. The average Bonchev–Trinajstić information content (AvgIpc) is 2.11. The topological polar surface area (TPSA) is 41.1 Å². The van der Waals surface area contributed by atoms with Crippen LogP contribution in [0.2, 0.25) is 0 Å². The summed E-state index contributed by atoms with van der Waals surface area (Å²) >= 11 is 0. The van der Waals surface area contributed by atoms with Crippen molar-refractivity contribution in [2.24, 2.45) is 5.92 Å². The van der Waals surface area contributed by atoms with Crippen LogP contribution in [0.4, 0.5) is 13.2 Å². The van der Waals surface area contributed by atoms with Gasteiger partial charge in [0, 0.05) is 19.6 Å². The molecule has 1 rings (SSSR count). The maximum absolute atomic E-state index is 12.1. The molecule has 0 spiro atoms. The van der Waals surface area contributed by atoms with Gasteiger partial charge in [-0.1, -0.05) is 0 Å². The molecule has 0 aromatic rings. The zero-order chi connectivity index (χ0) is 9.19. The van der Waals surface area contributed by atoms with Gasteiger partial charge in [0.1, 0.15) is 5.92 Å². The van der Waals surface area contributed by atoms with Crippen LogP contribution >= 0.6 is 0 Å². The molecule has 0 saturated carbocycles. The number of carbonyl (C=O) groups is 1. The molecule has 0 radical (unpaired) electrons. The van der Waals surface area contributed by atoms with Gasteiger partial charge in [-0.25, -0.2) is 0 Å². The van der Waals surface area contributed by atoms with Crippen molar-refractivity contribution in [3.05, 3.63) is 0 Å². The predicted octanol–water partition coefficient (Wildman–Crippen LogP) is -0.116. The Balaban J connectivity index is 2.66. The molecular weight excluding hydrogens is 173 g/mol. The minimum atomic E-state index is -4.44. The van der Waals surface area contributed by atoms with Gasteiger partial charge in [-0.05, 0) is 0 Å². The van der Waals surface area contributed by atoms with Crippen LogP contribution in [0.15, 0.2) is 0 Å². The second-order valence-corrected chi connectivity index (χ2v) is 2.59. The Hall–Kier alpha value is -0.780. The molecule has 0 bridgehead atoms. The van der Waals surface area contributed by atoms with E-state index in [2.05, 4.69) is 10.6 Å². The fourth-order valence-electron chi connectivity index (χ4n) is 1.00. The molecule has 3 nitrogen and oxygen atoms in total. The highest BCUT2D eigenvalue weighted by molar-refractivity contribution is 5.79. The van der Waals surface area contributed by atoms with Crippen LogP contribution in [-0.4, -0.2) is 31.7 Å². The molecule has 70 valence electrons. The highest BCUT2D eigenvalue weighted by Crippen LogP contribution is 2.26. The fourth-order valence-corrected chi connectivity index (χ4v) is 1.00. The number of halogens is 3. The van der Waals surface area contributed by atoms with Crippen molar-refractivity contribution >= 4 is 5.91 Å². The van der Waals surface area contributed by atoms with Crippen molar-refractivity contribution in [1.29, 1.82) is 0 Å². The third-order valence-electron chi connectivity index (χ3n) is 1.66. The highest BCUT2D eigenvalue weighted by Gasteiger charge is 2.44. The van der Waals surface area contributed by atoms with Gasteiger partial charge in [-0.3, -0.25) is 4.79 Å². The summed E-state index contributed by atoms with van der Waals surface area (Å²) in [6.45, 7) is 0.319. The summed E-state index contributed by atoms with van der Waals surface area (Å²) in [5.41, 5.74) is 0.